The van der Waals surface area contributed by atoms with Gasteiger partial charge in [-0.15, -0.1) is 0 Å². The zero-order chi connectivity index (χ0) is 12.8. The molecule has 98 valence electrons. The normalized spacial score (nSPS) is 17.8. The molecule has 0 bridgehead atoms. The second-order valence-electron chi connectivity index (χ2n) is 5.43. The molecule has 0 radical (unpaired) electrons. The van der Waals surface area contributed by atoms with Crippen LogP contribution in [0.4, 0.5) is 0 Å². The van der Waals surface area contributed by atoms with E-state index in [4.69, 9.17) is 0 Å². The highest BCUT2D eigenvalue weighted by molar-refractivity contribution is 5.75. The topological polar surface area (TPSA) is 20.3 Å². The Kier molecular flexibility index (Phi) is 4.94. The van der Waals surface area contributed by atoms with Crippen LogP contribution in [0.25, 0.3) is 0 Å². The maximum Gasteiger partial charge on any atom is 0.130 e. The number of ketones is 1. The summed E-state index contributed by atoms with van der Waals surface area (Å²) in [5, 5.41) is 0. The highest BCUT2D eigenvalue weighted by Crippen LogP contribution is 2.20. The van der Waals surface area contributed by atoms with Crippen molar-refractivity contribution in [2.24, 2.45) is 5.92 Å². The number of likely N-dealkylation sites (tertiary alicyclic amines) is 1. The van der Waals surface area contributed by atoms with E-state index in [-0.39, 0.29) is 0 Å². The van der Waals surface area contributed by atoms with Crippen molar-refractivity contribution in [2.45, 2.75) is 32.6 Å². The van der Waals surface area contributed by atoms with Gasteiger partial charge in [0.1, 0.15) is 5.78 Å². The molecule has 1 fully saturated rings. The van der Waals surface area contributed by atoms with Crippen molar-refractivity contribution in [2.75, 3.05) is 19.6 Å². The molecule has 0 spiro atoms. The minimum Gasteiger partial charge on any atom is -0.303 e. The fourth-order valence-corrected chi connectivity index (χ4v) is 2.75. The van der Waals surface area contributed by atoms with Crippen molar-refractivity contribution < 1.29 is 4.79 Å². The Morgan fingerprint density at radius 2 is 1.89 bits per heavy atom. The summed E-state index contributed by atoms with van der Waals surface area (Å²) in [7, 11) is 0. The van der Waals surface area contributed by atoms with E-state index in [2.05, 4.69) is 35.2 Å². The third kappa shape index (κ3) is 4.26. The van der Waals surface area contributed by atoms with E-state index in [1.807, 2.05) is 0 Å². The number of benzene rings is 1. The number of Topliss-reactive ketones (excluding diaryl/α,β-unsaturated/α-hetero) is 1. The Hall–Kier alpha value is -1.15. The van der Waals surface area contributed by atoms with Gasteiger partial charge in [0.2, 0.25) is 0 Å². The van der Waals surface area contributed by atoms with E-state index in [1.165, 1.54) is 18.4 Å². The molecule has 1 saturated heterocycles. The molecular formula is C16H23NO. The number of hydrogen-bond donors (Lipinski definition) is 0. The molecule has 1 aromatic carbocycles. The molecule has 1 aliphatic heterocycles. The van der Waals surface area contributed by atoms with Gasteiger partial charge in [-0.25, -0.2) is 0 Å². The van der Waals surface area contributed by atoms with Crippen molar-refractivity contribution in [1.29, 1.82) is 0 Å². The number of carbonyl (C=O) groups excluding carboxylic acids is 1. The molecule has 18 heavy (non-hydrogen) atoms. The van der Waals surface area contributed by atoms with E-state index >= 15 is 0 Å². The summed E-state index contributed by atoms with van der Waals surface area (Å²) in [6.07, 6.45) is 4.30. The SMILES string of the molecule is CC(=O)CC1CCN(CCc2ccccc2)CC1. The first-order valence-corrected chi connectivity index (χ1v) is 7.00. The molecule has 0 aromatic heterocycles. The minimum atomic E-state index is 0.345. The average molecular weight is 245 g/mol. The zero-order valence-electron chi connectivity index (χ0n) is 11.3. The highest BCUT2D eigenvalue weighted by atomic mass is 16.1. The van der Waals surface area contributed by atoms with Crippen LogP contribution in [-0.4, -0.2) is 30.3 Å². The molecule has 0 unspecified atom stereocenters. The maximum atomic E-state index is 11.1. The van der Waals surface area contributed by atoms with Crippen molar-refractivity contribution >= 4 is 5.78 Å². The quantitative estimate of drug-likeness (QED) is 0.795. The molecule has 0 N–H and O–H groups in total. The van der Waals surface area contributed by atoms with Crippen LogP contribution < -0.4 is 0 Å². The lowest BCUT2D eigenvalue weighted by molar-refractivity contribution is -0.118. The molecule has 2 rings (SSSR count). The molecular weight excluding hydrogens is 222 g/mol. The number of carbonyl (C=O) groups is 1. The Balaban J connectivity index is 1.69. The van der Waals surface area contributed by atoms with Crippen LogP contribution >= 0.6 is 0 Å². The van der Waals surface area contributed by atoms with E-state index in [9.17, 15) is 4.79 Å². The molecule has 1 aromatic rings. The Morgan fingerprint density at radius 3 is 2.50 bits per heavy atom. The minimum absolute atomic E-state index is 0.345. The van der Waals surface area contributed by atoms with E-state index in [0.717, 1.165) is 32.5 Å². The van der Waals surface area contributed by atoms with Gasteiger partial charge in [0.15, 0.2) is 0 Å². The Labute approximate surface area is 110 Å². The second-order valence-corrected chi connectivity index (χ2v) is 5.43. The molecule has 1 aliphatic rings. The lowest BCUT2D eigenvalue weighted by Gasteiger charge is -2.31. The first-order valence-electron chi connectivity index (χ1n) is 7.00. The van der Waals surface area contributed by atoms with Gasteiger partial charge in [-0.3, -0.25) is 0 Å². The molecule has 2 nitrogen and oxygen atoms in total. The van der Waals surface area contributed by atoms with Gasteiger partial charge in [0.05, 0.1) is 0 Å². The van der Waals surface area contributed by atoms with Crippen LogP contribution in [0.2, 0.25) is 0 Å². The summed E-state index contributed by atoms with van der Waals surface area (Å²) in [5.41, 5.74) is 1.42. The number of nitrogens with zero attached hydrogens (tertiary/aromatic N) is 1. The second kappa shape index (κ2) is 6.69. The van der Waals surface area contributed by atoms with E-state index < -0.39 is 0 Å². The smallest absolute Gasteiger partial charge is 0.130 e. The highest BCUT2D eigenvalue weighted by Gasteiger charge is 2.19. The predicted octanol–water partition coefficient (Wildman–Crippen LogP) is 2.92. The third-order valence-electron chi connectivity index (χ3n) is 3.84. The number of rotatable bonds is 5. The van der Waals surface area contributed by atoms with Gasteiger partial charge < -0.3 is 9.69 Å². The first-order chi connectivity index (χ1) is 8.74. The molecule has 1 heterocycles. The molecule has 0 saturated carbocycles. The summed E-state index contributed by atoms with van der Waals surface area (Å²) >= 11 is 0. The van der Waals surface area contributed by atoms with Crippen molar-refractivity contribution in [3.63, 3.8) is 0 Å². The Bertz CT molecular complexity index is 366. The largest absolute Gasteiger partial charge is 0.303 e. The summed E-state index contributed by atoms with van der Waals surface area (Å²) in [6, 6.07) is 10.7. The van der Waals surface area contributed by atoms with Gasteiger partial charge in [0, 0.05) is 13.0 Å². The van der Waals surface area contributed by atoms with Crippen molar-refractivity contribution in [3.05, 3.63) is 35.9 Å². The van der Waals surface area contributed by atoms with Gasteiger partial charge in [-0.1, -0.05) is 30.3 Å². The van der Waals surface area contributed by atoms with Crippen LogP contribution in [0.3, 0.4) is 0 Å². The van der Waals surface area contributed by atoms with Gasteiger partial charge in [-0.05, 0) is 50.8 Å². The fourth-order valence-electron chi connectivity index (χ4n) is 2.75. The van der Waals surface area contributed by atoms with Crippen LogP contribution in [0.5, 0.6) is 0 Å². The fraction of sp³-hybridized carbons (Fsp3) is 0.562. The van der Waals surface area contributed by atoms with Gasteiger partial charge in [-0.2, -0.15) is 0 Å². The third-order valence-corrected chi connectivity index (χ3v) is 3.84. The molecule has 0 amide bonds. The average Bonchev–Trinajstić information content (AvgIpc) is 2.38. The lowest BCUT2D eigenvalue weighted by Crippen LogP contribution is -2.35. The molecule has 0 atom stereocenters. The van der Waals surface area contributed by atoms with Crippen molar-refractivity contribution in [1.82, 2.24) is 4.90 Å². The predicted molar refractivity (Wildman–Crippen MR) is 74.6 cm³/mol. The first kappa shape index (κ1) is 13.3. The summed E-state index contributed by atoms with van der Waals surface area (Å²) in [6.45, 7) is 5.17. The number of hydrogen-bond acceptors (Lipinski definition) is 2. The van der Waals surface area contributed by atoms with Gasteiger partial charge in [0.25, 0.3) is 0 Å². The van der Waals surface area contributed by atoms with Crippen LogP contribution in [0.15, 0.2) is 30.3 Å². The van der Waals surface area contributed by atoms with E-state index in [0.29, 0.717) is 11.7 Å². The standard InChI is InChI=1S/C16H23NO/c1-14(18)13-16-8-11-17(12-9-16)10-7-15-5-3-2-4-6-15/h2-6,16H,7-13H2,1H3. The molecule has 0 aliphatic carbocycles. The molecule has 2 heteroatoms. The number of piperidine rings is 1. The van der Waals surface area contributed by atoms with Crippen LogP contribution in [0.1, 0.15) is 31.7 Å². The van der Waals surface area contributed by atoms with Crippen molar-refractivity contribution in [3.8, 4) is 0 Å². The summed E-state index contributed by atoms with van der Waals surface area (Å²) < 4.78 is 0. The van der Waals surface area contributed by atoms with E-state index in [1.54, 1.807) is 6.92 Å². The van der Waals surface area contributed by atoms with Gasteiger partial charge >= 0.3 is 0 Å². The summed E-state index contributed by atoms with van der Waals surface area (Å²) in [5.74, 6) is 0.980. The van der Waals surface area contributed by atoms with Crippen LogP contribution in [0, 0.1) is 5.92 Å². The Morgan fingerprint density at radius 1 is 1.22 bits per heavy atom. The van der Waals surface area contributed by atoms with Crippen LogP contribution in [-0.2, 0) is 11.2 Å². The summed E-state index contributed by atoms with van der Waals surface area (Å²) in [4.78, 5) is 13.6. The lowest BCUT2D eigenvalue weighted by atomic mass is 9.92. The maximum absolute atomic E-state index is 11.1. The zero-order valence-corrected chi connectivity index (χ0v) is 11.3. The monoisotopic (exact) mass is 245 g/mol.